The van der Waals surface area contributed by atoms with Gasteiger partial charge in [-0.05, 0) is 18.3 Å². The van der Waals surface area contributed by atoms with Gasteiger partial charge < -0.3 is 5.11 Å². The van der Waals surface area contributed by atoms with E-state index >= 15 is 0 Å². The van der Waals surface area contributed by atoms with Crippen LogP contribution in [0.4, 0.5) is 0 Å². The lowest BCUT2D eigenvalue weighted by Gasteiger charge is -2.37. The van der Waals surface area contributed by atoms with Gasteiger partial charge in [-0.3, -0.25) is 10.1 Å². The van der Waals surface area contributed by atoms with Gasteiger partial charge in [-0.15, -0.1) is 0 Å². The Morgan fingerprint density at radius 1 is 1.57 bits per heavy atom. The van der Waals surface area contributed by atoms with Crippen molar-refractivity contribution in [1.82, 2.24) is 5.32 Å². The number of hydrogen-bond donors (Lipinski definition) is 2. The molecule has 2 N–H and O–H groups in total. The van der Waals surface area contributed by atoms with E-state index in [1.165, 1.54) is 12.8 Å². The fourth-order valence-electron chi connectivity index (χ4n) is 2.48. The minimum Gasteiger partial charge on any atom is -0.480 e. The Labute approximate surface area is 88.6 Å². The van der Waals surface area contributed by atoms with Gasteiger partial charge in [-0.25, -0.2) is 0 Å². The van der Waals surface area contributed by atoms with Gasteiger partial charge >= 0.3 is 5.97 Å². The molecule has 3 unspecified atom stereocenters. The van der Waals surface area contributed by atoms with E-state index in [0.29, 0.717) is 17.0 Å². The molecule has 0 radical (unpaired) electrons. The maximum Gasteiger partial charge on any atom is 0.321 e. The van der Waals surface area contributed by atoms with E-state index in [0.717, 1.165) is 0 Å². The van der Waals surface area contributed by atoms with E-state index in [4.69, 9.17) is 5.11 Å². The first-order valence-electron chi connectivity index (χ1n) is 5.11. The minimum atomic E-state index is -0.710. The van der Waals surface area contributed by atoms with Crippen LogP contribution < -0.4 is 5.32 Å². The van der Waals surface area contributed by atoms with Gasteiger partial charge in [-0.1, -0.05) is 13.8 Å². The largest absolute Gasteiger partial charge is 0.480 e. The molecule has 2 rings (SSSR count). The monoisotopic (exact) mass is 215 g/mol. The molecule has 1 aliphatic heterocycles. The number of thioether (sulfide) groups is 1. The van der Waals surface area contributed by atoms with Crippen molar-refractivity contribution in [3.8, 4) is 0 Å². The summed E-state index contributed by atoms with van der Waals surface area (Å²) in [5.41, 5.74) is 0.256. The molecule has 0 aromatic carbocycles. The normalized spacial score (nSPS) is 40.6. The minimum absolute atomic E-state index is 0.256. The van der Waals surface area contributed by atoms with Gasteiger partial charge in [-0.2, -0.15) is 11.8 Å². The SMILES string of the molecule is CC1(C)CCC2SCC(C(=O)O)NC21. The van der Waals surface area contributed by atoms with Crippen molar-refractivity contribution >= 4 is 17.7 Å². The van der Waals surface area contributed by atoms with Crippen LogP contribution in [0.15, 0.2) is 0 Å². The zero-order valence-corrected chi connectivity index (χ0v) is 9.43. The average molecular weight is 215 g/mol. The lowest BCUT2D eigenvalue weighted by molar-refractivity contribution is -0.139. The van der Waals surface area contributed by atoms with Gasteiger partial charge in [0.1, 0.15) is 6.04 Å². The van der Waals surface area contributed by atoms with Crippen LogP contribution in [0.5, 0.6) is 0 Å². The smallest absolute Gasteiger partial charge is 0.321 e. The summed E-state index contributed by atoms with van der Waals surface area (Å²) in [6.45, 7) is 4.46. The summed E-state index contributed by atoms with van der Waals surface area (Å²) in [5.74, 6) is 0.00528. The third-order valence-corrected chi connectivity index (χ3v) is 4.90. The molecule has 14 heavy (non-hydrogen) atoms. The number of rotatable bonds is 1. The molecular weight excluding hydrogens is 198 g/mol. The Balaban J connectivity index is 2.09. The summed E-state index contributed by atoms with van der Waals surface area (Å²) in [6, 6.07) is 0.0287. The zero-order valence-electron chi connectivity index (χ0n) is 8.62. The molecule has 4 heteroatoms. The average Bonchev–Trinajstić information content (AvgIpc) is 2.42. The fourth-order valence-corrected chi connectivity index (χ4v) is 4.08. The molecule has 0 spiro atoms. The van der Waals surface area contributed by atoms with Gasteiger partial charge in [0, 0.05) is 17.0 Å². The summed E-state index contributed by atoms with van der Waals surface area (Å²) in [7, 11) is 0. The predicted molar refractivity (Wildman–Crippen MR) is 57.6 cm³/mol. The fraction of sp³-hybridized carbons (Fsp3) is 0.900. The Kier molecular flexibility index (Phi) is 2.52. The first kappa shape index (κ1) is 10.3. The van der Waals surface area contributed by atoms with Crippen LogP contribution in [-0.4, -0.2) is 34.2 Å². The van der Waals surface area contributed by atoms with Crippen LogP contribution >= 0.6 is 11.8 Å². The van der Waals surface area contributed by atoms with Crippen molar-refractivity contribution in [2.24, 2.45) is 5.41 Å². The number of carbonyl (C=O) groups is 1. The lowest BCUT2D eigenvalue weighted by Crippen LogP contribution is -2.55. The summed E-state index contributed by atoms with van der Waals surface area (Å²) in [5, 5.41) is 12.9. The van der Waals surface area contributed by atoms with Gasteiger partial charge in [0.2, 0.25) is 0 Å². The molecule has 1 saturated carbocycles. The van der Waals surface area contributed by atoms with Crippen molar-refractivity contribution in [3.05, 3.63) is 0 Å². The van der Waals surface area contributed by atoms with E-state index in [1.807, 2.05) is 11.8 Å². The second-order valence-corrected chi connectivity index (χ2v) is 6.21. The van der Waals surface area contributed by atoms with Crippen LogP contribution in [0, 0.1) is 5.41 Å². The van der Waals surface area contributed by atoms with Crippen LogP contribution in [0.3, 0.4) is 0 Å². The molecule has 0 amide bonds. The second kappa shape index (κ2) is 3.42. The highest BCUT2D eigenvalue weighted by Crippen LogP contribution is 2.45. The summed E-state index contributed by atoms with van der Waals surface area (Å²) >= 11 is 1.83. The van der Waals surface area contributed by atoms with Crippen LogP contribution in [-0.2, 0) is 4.79 Å². The second-order valence-electron chi connectivity index (χ2n) is 4.93. The first-order valence-corrected chi connectivity index (χ1v) is 6.16. The van der Waals surface area contributed by atoms with Crippen LogP contribution in [0.2, 0.25) is 0 Å². The number of fused-ring (bicyclic) bond motifs is 1. The molecule has 2 fully saturated rings. The number of hydrogen-bond acceptors (Lipinski definition) is 3. The van der Waals surface area contributed by atoms with Crippen molar-refractivity contribution in [2.75, 3.05) is 5.75 Å². The Morgan fingerprint density at radius 3 is 2.93 bits per heavy atom. The van der Waals surface area contributed by atoms with Crippen molar-refractivity contribution < 1.29 is 9.90 Å². The van der Waals surface area contributed by atoms with Crippen molar-refractivity contribution in [2.45, 2.75) is 44.0 Å². The molecule has 1 aliphatic carbocycles. The van der Waals surface area contributed by atoms with Gasteiger partial charge in [0.15, 0.2) is 0 Å². The number of carboxylic acid groups (broad SMARTS) is 1. The quantitative estimate of drug-likeness (QED) is 0.693. The summed E-state index contributed by atoms with van der Waals surface area (Å²) in [4.78, 5) is 10.9. The number of nitrogens with one attached hydrogen (secondary N) is 1. The maximum absolute atomic E-state index is 10.9. The molecule has 80 valence electrons. The number of aliphatic carboxylic acids is 1. The molecule has 2 aliphatic rings. The third kappa shape index (κ3) is 1.65. The van der Waals surface area contributed by atoms with Crippen molar-refractivity contribution in [1.29, 1.82) is 0 Å². The third-order valence-electron chi connectivity index (χ3n) is 3.44. The van der Waals surface area contributed by atoms with E-state index in [9.17, 15) is 4.79 Å². The summed E-state index contributed by atoms with van der Waals surface area (Å²) < 4.78 is 0. The topological polar surface area (TPSA) is 49.3 Å². The van der Waals surface area contributed by atoms with E-state index in [-0.39, 0.29) is 11.5 Å². The maximum atomic E-state index is 10.9. The Bertz CT molecular complexity index is 255. The van der Waals surface area contributed by atoms with E-state index < -0.39 is 5.97 Å². The molecule has 0 aromatic rings. The van der Waals surface area contributed by atoms with E-state index in [1.54, 1.807) is 0 Å². The van der Waals surface area contributed by atoms with Gasteiger partial charge in [0.25, 0.3) is 0 Å². The molecule has 3 nitrogen and oxygen atoms in total. The first-order chi connectivity index (χ1) is 6.50. The highest BCUT2D eigenvalue weighted by molar-refractivity contribution is 8.00. The Morgan fingerprint density at radius 2 is 2.29 bits per heavy atom. The van der Waals surface area contributed by atoms with E-state index in [2.05, 4.69) is 19.2 Å². The lowest BCUT2D eigenvalue weighted by atomic mass is 9.87. The summed E-state index contributed by atoms with van der Waals surface area (Å²) in [6.07, 6.45) is 2.43. The zero-order chi connectivity index (χ0) is 10.3. The molecule has 0 aromatic heterocycles. The predicted octanol–water partition coefficient (Wildman–Crippen LogP) is 1.33. The molecule has 3 atom stereocenters. The highest BCUT2D eigenvalue weighted by atomic mass is 32.2. The highest BCUT2D eigenvalue weighted by Gasteiger charge is 2.46. The standard InChI is InChI=1S/C10H17NO2S/c1-10(2)4-3-7-8(10)11-6(5-14-7)9(12)13/h6-8,11H,3-5H2,1-2H3,(H,12,13). The van der Waals surface area contributed by atoms with Crippen molar-refractivity contribution in [3.63, 3.8) is 0 Å². The Hall–Kier alpha value is -0.220. The number of carboxylic acids is 1. The van der Waals surface area contributed by atoms with Crippen LogP contribution in [0.1, 0.15) is 26.7 Å². The molecule has 1 heterocycles. The molecule has 0 bridgehead atoms. The molecular formula is C10H17NO2S. The van der Waals surface area contributed by atoms with Gasteiger partial charge in [0.05, 0.1) is 0 Å². The molecule has 1 saturated heterocycles. The van der Waals surface area contributed by atoms with Crippen LogP contribution in [0.25, 0.3) is 0 Å².